The molecule has 0 spiro atoms. The molecule has 58 heavy (non-hydrogen) atoms. The Morgan fingerprint density at radius 1 is 1.03 bits per heavy atom. The predicted molar refractivity (Wildman–Crippen MR) is 184 cm³/mol. The van der Waals surface area contributed by atoms with Gasteiger partial charge in [-0.1, -0.05) is 0 Å². The Kier molecular flexibility index (Phi) is 9.94. The number of nitrogens with zero attached hydrogens (tertiary/aromatic N) is 11. The van der Waals surface area contributed by atoms with Crippen LogP contribution in [0.2, 0.25) is 0 Å². The van der Waals surface area contributed by atoms with Crippen LogP contribution in [-0.2, 0) is 37.3 Å². The normalized spacial score (nSPS) is 13.9. The Balaban J connectivity index is 1.23. The van der Waals surface area contributed by atoms with Crippen molar-refractivity contribution in [2.75, 3.05) is 6.54 Å². The highest BCUT2D eigenvalue weighted by atomic mass is 19.4. The standard InChI is InChI=1S/C36H28F8N12O2/c1-35(2,12-27-47-25(36(42,43)44)16-55(27)26-7-4-18(13-45)50-51-26)49-32(57)24(10-17-14-46-56(15-17)34(40)41)54-9-8-19-20(5-6-21(37)28(19)33(54)58)29-22(38)11-23-30(48-29)31(39)52-53(23)3/h4-7,11,14-16,24,34H,8-10,12H2,1-3H3,(H,49,57). The summed E-state index contributed by atoms with van der Waals surface area (Å²) in [5.41, 5.74) is -3.91. The highest BCUT2D eigenvalue weighted by Crippen LogP contribution is 2.35. The Morgan fingerprint density at radius 2 is 1.79 bits per heavy atom. The van der Waals surface area contributed by atoms with Crippen LogP contribution in [0.4, 0.5) is 35.1 Å². The van der Waals surface area contributed by atoms with Gasteiger partial charge in [0.15, 0.2) is 23.0 Å². The van der Waals surface area contributed by atoms with Crippen LogP contribution >= 0.6 is 0 Å². The molecular weight excluding hydrogens is 784 g/mol. The van der Waals surface area contributed by atoms with E-state index in [9.17, 15) is 35.9 Å². The number of pyridine rings is 1. The summed E-state index contributed by atoms with van der Waals surface area (Å²) in [5, 5.41) is 26.5. The van der Waals surface area contributed by atoms with E-state index < -0.39 is 71.4 Å². The lowest BCUT2D eigenvalue weighted by Crippen LogP contribution is -2.57. The van der Waals surface area contributed by atoms with E-state index >= 15 is 8.78 Å². The van der Waals surface area contributed by atoms with Gasteiger partial charge >= 0.3 is 12.7 Å². The molecule has 0 saturated heterocycles. The number of nitrogens with one attached hydrogen (secondary N) is 1. The van der Waals surface area contributed by atoms with Gasteiger partial charge in [0, 0.05) is 56.0 Å². The second-order valence-corrected chi connectivity index (χ2v) is 14.0. The van der Waals surface area contributed by atoms with Crippen molar-refractivity contribution in [2.45, 2.75) is 57.4 Å². The van der Waals surface area contributed by atoms with Gasteiger partial charge in [-0.05, 0) is 55.7 Å². The van der Waals surface area contributed by atoms with Crippen LogP contribution in [0, 0.1) is 28.9 Å². The van der Waals surface area contributed by atoms with Gasteiger partial charge in [0.25, 0.3) is 11.9 Å². The number of benzene rings is 1. The summed E-state index contributed by atoms with van der Waals surface area (Å²) in [6, 6.07) is 5.77. The van der Waals surface area contributed by atoms with E-state index in [0.717, 1.165) is 38.7 Å². The highest BCUT2D eigenvalue weighted by Gasteiger charge is 2.40. The molecule has 1 aromatic carbocycles. The number of aromatic nitrogens is 9. The molecule has 22 heteroatoms. The van der Waals surface area contributed by atoms with Gasteiger partial charge in [0.1, 0.15) is 35.0 Å². The average molecular weight is 813 g/mol. The summed E-state index contributed by atoms with van der Waals surface area (Å²) in [7, 11) is 1.39. The van der Waals surface area contributed by atoms with Gasteiger partial charge in [0.05, 0.1) is 17.3 Å². The van der Waals surface area contributed by atoms with E-state index in [1.54, 1.807) is 6.07 Å². The molecule has 1 aliphatic heterocycles. The molecule has 5 aromatic heterocycles. The molecule has 1 unspecified atom stereocenters. The summed E-state index contributed by atoms with van der Waals surface area (Å²) in [5.74, 6) is -5.22. The van der Waals surface area contributed by atoms with E-state index in [0.29, 0.717) is 10.9 Å². The zero-order chi connectivity index (χ0) is 41.8. The molecule has 0 fully saturated rings. The maximum Gasteiger partial charge on any atom is 0.434 e. The van der Waals surface area contributed by atoms with E-state index in [1.165, 1.54) is 39.1 Å². The number of amides is 2. The zero-order valence-electron chi connectivity index (χ0n) is 30.4. The molecule has 0 bridgehead atoms. The number of aryl methyl sites for hydroxylation is 1. The lowest BCUT2D eigenvalue weighted by Gasteiger charge is -2.37. The average Bonchev–Trinajstić information content (AvgIpc) is 3.88. The molecular formula is C36H28F8N12O2. The first-order chi connectivity index (χ1) is 27.3. The lowest BCUT2D eigenvalue weighted by atomic mass is 9.89. The van der Waals surface area contributed by atoms with Gasteiger partial charge in [0.2, 0.25) is 5.91 Å². The van der Waals surface area contributed by atoms with Crippen molar-refractivity contribution < 1.29 is 44.7 Å². The lowest BCUT2D eigenvalue weighted by molar-refractivity contribution is -0.141. The first-order valence-corrected chi connectivity index (χ1v) is 17.2. The Hall–Kier alpha value is -6.79. The third-order valence-electron chi connectivity index (χ3n) is 9.44. The zero-order valence-corrected chi connectivity index (χ0v) is 30.4. The molecule has 14 nitrogen and oxygen atoms in total. The number of alkyl halides is 5. The number of nitriles is 1. The second kappa shape index (κ2) is 14.6. The maximum atomic E-state index is 15.7. The predicted octanol–water partition coefficient (Wildman–Crippen LogP) is 5.26. The number of imidazole rings is 1. The van der Waals surface area contributed by atoms with Crippen LogP contribution in [-0.4, -0.2) is 79.1 Å². The number of fused-ring (bicyclic) bond motifs is 2. The molecule has 0 saturated carbocycles. The Labute approximate surface area is 321 Å². The molecule has 2 amide bonds. The molecule has 6 heterocycles. The van der Waals surface area contributed by atoms with Gasteiger partial charge in [-0.25, -0.2) is 23.4 Å². The molecule has 1 atom stereocenters. The fraction of sp³-hybridized carbons (Fsp3) is 0.306. The number of carbonyl (C=O) groups excluding carboxylic acids is 2. The van der Waals surface area contributed by atoms with E-state index in [-0.39, 0.29) is 70.1 Å². The highest BCUT2D eigenvalue weighted by molar-refractivity contribution is 6.01. The number of halogens is 8. The summed E-state index contributed by atoms with van der Waals surface area (Å²) >= 11 is 0. The minimum atomic E-state index is -4.88. The Bertz CT molecular complexity index is 2630. The van der Waals surface area contributed by atoms with E-state index in [4.69, 9.17) is 5.26 Å². The smallest absolute Gasteiger partial charge is 0.349 e. The van der Waals surface area contributed by atoms with Crippen LogP contribution in [0.15, 0.2) is 48.9 Å². The summed E-state index contributed by atoms with van der Waals surface area (Å²) in [4.78, 5) is 37.4. The van der Waals surface area contributed by atoms with E-state index in [1.807, 2.05) is 0 Å². The van der Waals surface area contributed by atoms with Crippen molar-refractivity contribution in [2.24, 2.45) is 7.05 Å². The quantitative estimate of drug-likeness (QED) is 0.182. The van der Waals surface area contributed by atoms with Crippen LogP contribution in [0.3, 0.4) is 0 Å². The number of rotatable bonds is 10. The van der Waals surface area contributed by atoms with Crippen molar-refractivity contribution >= 4 is 22.8 Å². The van der Waals surface area contributed by atoms with Crippen LogP contribution in [0.1, 0.15) is 59.1 Å². The molecule has 0 radical (unpaired) electrons. The van der Waals surface area contributed by atoms with Crippen LogP contribution < -0.4 is 5.32 Å². The van der Waals surface area contributed by atoms with Crippen molar-refractivity contribution in [3.05, 3.63) is 100 Å². The fourth-order valence-electron chi connectivity index (χ4n) is 6.81. The third kappa shape index (κ3) is 7.41. The van der Waals surface area contributed by atoms with Gasteiger partial charge < -0.3 is 10.2 Å². The largest absolute Gasteiger partial charge is 0.434 e. The monoisotopic (exact) mass is 812 g/mol. The molecule has 6 aromatic rings. The van der Waals surface area contributed by atoms with Crippen molar-refractivity contribution in [3.63, 3.8) is 0 Å². The summed E-state index contributed by atoms with van der Waals surface area (Å²) in [6.45, 7) is -0.423. The number of carbonyl (C=O) groups is 2. The van der Waals surface area contributed by atoms with Crippen LogP contribution in [0.5, 0.6) is 0 Å². The number of hydrogen-bond acceptors (Lipinski definition) is 9. The first kappa shape index (κ1) is 39.4. The van der Waals surface area contributed by atoms with Gasteiger partial charge in [-0.15, -0.1) is 15.3 Å². The molecule has 300 valence electrons. The SMILES string of the molecule is Cn1nc(F)c2nc(-c3ccc(F)c4c3CCN(C(Cc3cnn(C(F)F)c3)C(=O)NC(C)(C)Cc3nc(C(F)(F)F)cn3-c3ccc(C#N)nn3)C4=O)c(F)cc21. The molecule has 1 N–H and O–H groups in total. The summed E-state index contributed by atoms with van der Waals surface area (Å²) < 4.78 is 117. The third-order valence-corrected chi connectivity index (χ3v) is 9.44. The van der Waals surface area contributed by atoms with E-state index in [2.05, 4.69) is 35.7 Å². The minimum absolute atomic E-state index is 0.0134. The topological polar surface area (TPSA) is 165 Å². The minimum Gasteiger partial charge on any atom is -0.349 e. The van der Waals surface area contributed by atoms with Gasteiger partial charge in [-0.3, -0.25) is 18.8 Å². The van der Waals surface area contributed by atoms with Crippen molar-refractivity contribution in [1.82, 2.24) is 54.5 Å². The first-order valence-electron chi connectivity index (χ1n) is 17.2. The second-order valence-electron chi connectivity index (χ2n) is 14.0. The van der Waals surface area contributed by atoms with Crippen molar-refractivity contribution in [3.8, 4) is 23.1 Å². The fourth-order valence-corrected chi connectivity index (χ4v) is 6.81. The van der Waals surface area contributed by atoms with Gasteiger partial charge in [-0.2, -0.15) is 36.7 Å². The van der Waals surface area contributed by atoms with Crippen molar-refractivity contribution in [1.29, 1.82) is 5.26 Å². The van der Waals surface area contributed by atoms with Crippen LogP contribution in [0.25, 0.3) is 28.1 Å². The Morgan fingerprint density at radius 3 is 2.45 bits per heavy atom. The molecule has 1 aliphatic rings. The maximum absolute atomic E-state index is 15.7. The summed E-state index contributed by atoms with van der Waals surface area (Å²) in [6.07, 6.45) is -3.17. The molecule has 7 rings (SSSR count). The number of hydrogen-bond donors (Lipinski definition) is 1. The molecule has 0 aliphatic carbocycles.